The minimum absolute atomic E-state index is 0.0355. The monoisotopic (exact) mass is 311 g/mol. The number of hydrogen-bond donors (Lipinski definition) is 2. The Balaban J connectivity index is 2.54. The van der Waals surface area contributed by atoms with Crippen LogP contribution in [0.4, 0.5) is 13.2 Å². The van der Waals surface area contributed by atoms with Crippen LogP contribution in [-0.2, 0) is 0 Å². The van der Waals surface area contributed by atoms with Gasteiger partial charge < -0.3 is 10.2 Å². The zero-order valence-electron chi connectivity index (χ0n) is 10.8. The third-order valence-electron chi connectivity index (χ3n) is 2.77. The number of halogens is 4. The standard InChI is InChI=1S/C13H17ClF3NO2/c14-11-3-1-2-10(8-11)12(20)4-5-18(6-7-19)9-13(15,16)17/h1-3,8,12,19-20H,4-7,9H2. The van der Waals surface area contributed by atoms with Crippen molar-refractivity contribution in [2.45, 2.75) is 18.7 Å². The maximum Gasteiger partial charge on any atom is 0.401 e. The van der Waals surface area contributed by atoms with Gasteiger partial charge in [0.1, 0.15) is 0 Å². The predicted octanol–water partition coefficient (Wildman–Crippen LogP) is 2.62. The van der Waals surface area contributed by atoms with Crippen LogP contribution in [0.25, 0.3) is 0 Å². The molecule has 0 amide bonds. The van der Waals surface area contributed by atoms with Gasteiger partial charge in [-0.1, -0.05) is 23.7 Å². The van der Waals surface area contributed by atoms with Crippen LogP contribution >= 0.6 is 11.6 Å². The number of aliphatic hydroxyl groups excluding tert-OH is 2. The van der Waals surface area contributed by atoms with E-state index in [1.807, 2.05) is 0 Å². The maximum absolute atomic E-state index is 12.3. The fraction of sp³-hybridized carbons (Fsp3) is 0.538. The molecule has 0 bridgehead atoms. The zero-order valence-corrected chi connectivity index (χ0v) is 11.5. The number of aliphatic hydroxyl groups is 2. The highest BCUT2D eigenvalue weighted by atomic mass is 35.5. The molecule has 20 heavy (non-hydrogen) atoms. The number of nitrogens with zero attached hydrogens (tertiary/aromatic N) is 1. The van der Waals surface area contributed by atoms with Gasteiger partial charge in [0.25, 0.3) is 0 Å². The third-order valence-corrected chi connectivity index (χ3v) is 3.01. The largest absolute Gasteiger partial charge is 0.401 e. The lowest BCUT2D eigenvalue weighted by Gasteiger charge is -2.24. The maximum atomic E-state index is 12.3. The van der Waals surface area contributed by atoms with E-state index in [0.717, 1.165) is 4.90 Å². The molecule has 0 radical (unpaired) electrons. The summed E-state index contributed by atoms with van der Waals surface area (Å²) in [5, 5.41) is 19.2. The minimum Gasteiger partial charge on any atom is -0.395 e. The molecule has 0 saturated heterocycles. The van der Waals surface area contributed by atoms with Gasteiger partial charge in [0, 0.05) is 18.1 Å². The second kappa shape index (κ2) is 7.83. The molecule has 1 rings (SSSR count). The van der Waals surface area contributed by atoms with Crippen molar-refractivity contribution in [1.82, 2.24) is 4.90 Å². The van der Waals surface area contributed by atoms with E-state index in [1.165, 1.54) is 0 Å². The lowest BCUT2D eigenvalue weighted by Crippen LogP contribution is -2.37. The molecule has 114 valence electrons. The molecule has 0 aliphatic carbocycles. The summed E-state index contributed by atoms with van der Waals surface area (Å²) < 4.78 is 37.0. The van der Waals surface area contributed by atoms with Gasteiger partial charge in [-0.2, -0.15) is 13.2 Å². The highest BCUT2D eigenvalue weighted by molar-refractivity contribution is 6.30. The Morgan fingerprint density at radius 2 is 1.95 bits per heavy atom. The molecule has 1 unspecified atom stereocenters. The Morgan fingerprint density at radius 1 is 1.25 bits per heavy atom. The summed E-state index contributed by atoms with van der Waals surface area (Å²) in [5.74, 6) is 0. The first-order valence-corrected chi connectivity index (χ1v) is 6.53. The van der Waals surface area contributed by atoms with Crippen LogP contribution in [0.15, 0.2) is 24.3 Å². The van der Waals surface area contributed by atoms with Crippen molar-refractivity contribution >= 4 is 11.6 Å². The Bertz CT molecular complexity index is 415. The second-order valence-electron chi connectivity index (χ2n) is 4.47. The first-order valence-electron chi connectivity index (χ1n) is 6.15. The summed E-state index contributed by atoms with van der Waals surface area (Å²) in [6.07, 6.45) is -5.07. The fourth-order valence-corrected chi connectivity index (χ4v) is 2.05. The van der Waals surface area contributed by atoms with E-state index in [0.29, 0.717) is 10.6 Å². The van der Waals surface area contributed by atoms with Crippen molar-refractivity contribution in [3.05, 3.63) is 34.9 Å². The van der Waals surface area contributed by atoms with Crippen LogP contribution in [0.5, 0.6) is 0 Å². The lowest BCUT2D eigenvalue weighted by atomic mass is 10.1. The molecule has 0 aromatic heterocycles. The molecular weight excluding hydrogens is 295 g/mol. The van der Waals surface area contributed by atoms with Crippen LogP contribution < -0.4 is 0 Å². The molecule has 0 fully saturated rings. The first-order chi connectivity index (χ1) is 9.31. The Kier molecular flexibility index (Phi) is 6.75. The van der Waals surface area contributed by atoms with Gasteiger partial charge in [0.15, 0.2) is 0 Å². The van der Waals surface area contributed by atoms with E-state index in [1.54, 1.807) is 24.3 Å². The topological polar surface area (TPSA) is 43.7 Å². The first kappa shape index (κ1) is 17.2. The smallest absolute Gasteiger partial charge is 0.395 e. The Morgan fingerprint density at radius 3 is 2.50 bits per heavy atom. The van der Waals surface area contributed by atoms with Crippen molar-refractivity contribution in [2.24, 2.45) is 0 Å². The Labute approximate surface area is 120 Å². The average Bonchev–Trinajstić information content (AvgIpc) is 2.34. The van der Waals surface area contributed by atoms with Crippen LogP contribution in [0.2, 0.25) is 5.02 Å². The summed E-state index contributed by atoms with van der Waals surface area (Å²) in [7, 11) is 0. The Hall–Kier alpha value is -0.820. The number of benzene rings is 1. The van der Waals surface area contributed by atoms with Gasteiger partial charge in [-0.05, 0) is 24.1 Å². The average molecular weight is 312 g/mol. The van der Waals surface area contributed by atoms with Gasteiger partial charge in [-0.15, -0.1) is 0 Å². The quantitative estimate of drug-likeness (QED) is 0.813. The third kappa shape index (κ3) is 6.56. The van der Waals surface area contributed by atoms with Crippen LogP contribution in [0, 0.1) is 0 Å². The molecule has 1 aromatic rings. The van der Waals surface area contributed by atoms with Crippen molar-refractivity contribution in [1.29, 1.82) is 0 Å². The van der Waals surface area contributed by atoms with E-state index in [4.69, 9.17) is 16.7 Å². The van der Waals surface area contributed by atoms with E-state index < -0.39 is 18.8 Å². The molecule has 0 heterocycles. The SMILES string of the molecule is OCCN(CCC(O)c1cccc(Cl)c1)CC(F)(F)F. The fourth-order valence-electron chi connectivity index (χ4n) is 1.85. The van der Waals surface area contributed by atoms with E-state index in [9.17, 15) is 18.3 Å². The summed E-state index contributed by atoms with van der Waals surface area (Å²) in [5.41, 5.74) is 0.563. The van der Waals surface area contributed by atoms with Gasteiger partial charge in [0.2, 0.25) is 0 Å². The minimum atomic E-state index is -4.32. The van der Waals surface area contributed by atoms with Crippen LogP contribution in [-0.4, -0.2) is 47.5 Å². The second-order valence-corrected chi connectivity index (χ2v) is 4.91. The molecular formula is C13H17ClF3NO2. The van der Waals surface area contributed by atoms with E-state index in [-0.39, 0.29) is 26.1 Å². The van der Waals surface area contributed by atoms with E-state index >= 15 is 0 Å². The van der Waals surface area contributed by atoms with Crippen molar-refractivity contribution in [3.63, 3.8) is 0 Å². The normalized spacial score (nSPS) is 13.8. The molecule has 0 aliphatic heterocycles. The molecule has 0 aliphatic rings. The van der Waals surface area contributed by atoms with Gasteiger partial charge in [-0.3, -0.25) is 4.90 Å². The number of rotatable bonds is 7. The molecule has 7 heteroatoms. The van der Waals surface area contributed by atoms with Crippen LogP contribution in [0.3, 0.4) is 0 Å². The molecule has 0 saturated carbocycles. The van der Waals surface area contributed by atoms with E-state index in [2.05, 4.69) is 0 Å². The van der Waals surface area contributed by atoms with Gasteiger partial charge in [0.05, 0.1) is 19.3 Å². The zero-order chi connectivity index (χ0) is 15.2. The summed E-state index contributed by atoms with van der Waals surface area (Å²) >= 11 is 5.79. The molecule has 1 aromatic carbocycles. The van der Waals surface area contributed by atoms with Crippen molar-refractivity contribution in [2.75, 3.05) is 26.2 Å². The number of hydrogen-bond acceptors (Lipinski definition) is 3. The molecule has 2 N–H and O–H groups in total. The summed E-state index contributed by atoms with van der Waals surface area (Å²) in [6.45, 7) is -1.51. The van der Waals surface area contributed by atoms with Crippen molar-refractivity contribution in [3.8, 4) is 0 Å². The summed E-state index contributed by atoms with van der Waals surface area (Å²) in [6, 6.07) is 6.56. The highest BCUT2D eigenvalue weighted by Gasteiger charge is 2.30. The van der Waals surface area contributed by atoms with Crippen LogP contribution in [0.1, 0.15) is 18.1 Å². The van der Waals surface area contributed by atoms with Gasteiger partial charge in [-0.25, -0.2) is 0 Å². The molecule has 0 spiro atoms. The molecule has 3 nitrogen and oxygen atoms in total. The summed E-state index contributed by atoms with van der Waals surface area (Å²) in [4.78, 5) is 1.06. The lowest BCUT2D eigenvalue weighted by molar-refractivity contribution is -0.147. The molecule has 1 atom stereocenters. The highest BCUT2D eigenvalue weighted by Crippen LogP contribution is 2.22. The number of alkyl halides is 3. The van der Waals surface area contributed by atoms with Crippen molar-refractivity contribution < 1.29 is 23.4 Å². The predicted molar refractivity (Wildman–Crippen MR) is 70.6 cm³/mol. The van der Waals surface area contributed by atoms with Gasteiger partial charge >= 0.3 is 6.18 Å².